The van der Waals surface area contributed by atoms with Gasteiger partial charge in [0.25, 0.3) is 11.8 Å². The molecular weight excluding hydrogens is 355 g/mol. The largest absolute Gasteiger partial charge is 0.335 e. The fraction of sp³-hybridized carbons (Fsp3) is 0.278. The van der Waals surface area contributed by atoms with Crippen LogP contribution in [0.1, 0.15) is 15.5 Å². The third-order valence-corrected chi connectivity index (χ3v) is 5.17. The van der Waals surface area contributed by atoms with Gasteiger partial charge in [0, 0.05) is 31.7 Å². The molecule has 134 valence electrons. The number of carbonyl (C=O) groups is 1. The summed E-state index contributed by atoms with van der Waals surface area (Å²) in [4.78, 5) is 21.6. The maximum atomic E-state index is 13.0. The summed E-state index contributed by atoms with van der Waals surface area (Å²) in [5.41, 5.74) is 0.691. The van der Waals surface area contributed by atoms with E-state index >= 15 is 0 Å². The van der Waals surface area contributed by atoms with Crippen molar-refractivity contribution in [2.24, 2.45) is 0 Å². The minimum Gasteiger partial charge on any atom is -0.335 e. The normalized spacial score (nSPS) is 15.3. The van der Waals surface area contributed by atoms with Gasteiger partial charge < -0.3 is 9.42 Å². The smallest absolute Gasteiger partial charge is 0.264 e. The lowest BCUT2D eigenvalue weighted by Gasteiger charge is -2.33. The van der Waals surface area contributed by atoms with Crippen LogP contribution in [-0.2, 0) is 6.54 Å². The summed E-state index contributed by atoms with van der Waals surface area (Å²) in [6, 6.07) is 9.70. The number of hydrogen-bond donors (Lipinski definition) is 0. The Balaban J connectivity index is 1.33. The Morgan fingerprint density at radius 3 is 2.62 bits per heavy atom. The van der Waals surface area contributed by atoms with Crippen molar-refractivity contribution in [3.8, 4) is 11.5 Å². The zero-order valence-corrected chi connectivity index (χ0v) is 14.8. The van der Waals surface area contributed by atoms with Crippen molar-refractivity contribution in [1.82, 2.24) is 19.9 Å². The van der Waals surface area contributed by atoms with Crippen molar-refractivity contribution in [1.29, 1.82) is 0 Å². The second kappa shape index (κ2) is 7.35. The van der Waals surface area contributed by atoms with E-state index in [0.29, 0.717) is 36.9 Å². The van der Waals surface area contributed by atoms with E-state index in [2.05, 4.69) is 15.0 Å². The number of amides is 1. The van der Waals surface area contributed by atoms with Crippen LogP contribution < -0.4 is 0 Å². The number of hydrogen-bond acceptors (Lipinski definition) is 6. The fourth-order valence-electron chi connectivity index (χ4n) is 2.89. The summed E-state index contributed by atoms with van der Waals surface area (Å²) in [6.45, 7) is 3.44. The van der Waals surface area contributed by atoms with Crippen molar-refractivity contribution in [3.05, 3.63) is 58.3 Å². The third-order valence-electron chi connectivity index (χ3n) is 4.32. The Morgan fingerprint density at radius 1 is 1.15 bits per heavy atom. The van der Waals surface area contributed by atoms with Gasteiger partial charge in [-0.1, -0.05) is 11.2 Å². The van der Waals surface area contributed by atoms with Gasteiger partial charge in [-0.2, -0.15) is 4.98 Å². The Hall–Kier alpha value is -2.58. The highest BCUT2D eigenvalue weighted by atomic mass is 32.1. The lowest BCUT2D eigenvalue weighted by molar-refractivity contribution is 0.0629. The van der Waals surface area contributed by atoms with Crippen LogP contribution in [0.4, 0.5) is 4.39 Å². The molecular formula is C18H17FN4O2S. The van der Waals surface area contributed by atoms with Crippen LogP contribution in [0, 0.1) is 5.82 Å². The number of piperazine rings is 1. The molecule has 0 unspecified atom stereocenters. The van der Waals surface area contributed by atoms with Gasteiger partial charge in [0.2, 0.25) is 0 Å². The van der Waals surface area contributed by atoms with Crippen LogP contribution in [0.2, 0.25) is 0 Å². The average Bonchev–Trinajstić information content (AvgIpc) is 3.35. The maximum absolute atomic E-state index is 13.0. The highest BCUT2D eigenvalue weighted by Gasteiger charge is 2.23. The van der Waals surface area contributed by atoms with E-state index in [1.807, 2.05) is 22.4 Å². The monoisotopic (exact) mass is 372 g/mol. The van der Waals surface area contributed by atoms with Gasteiger partial charge in [-0.05, 0) is 35.7 Å². The number of nitrogens with zero attached hydrogens (tertiary/aromatic N) is 4. The van der Waals surface area contributed by atoms with Crippen molar-refractivity contribution < 1.29 is 13.7 Å². The minimum absolute atomic E-state index is 0.0952. The number of thiophene rings is 1. The van der Waals surface area contributed by atoms with E-state index in [1.165, 1.54) is 23.5 Å². The van der Waals surface area contributed by atoms with Gasteiger partial charge in [0.05, 0.1) is 11.4 Å². The van der Waals surface area contributed by atoms with E-state index < -0.39 is 0 Å². The van der Waals surface area contributed by atoms with Crippen molar-refractivity contribution in [3.63, 3.8) is 0 Å². The Bertz CT molecular complexity index is 871. The minimum atomic E-state index is -0.302. The molecule has 3 aromatic rings. The molecule has 0 saturated carbocycles. The lowest BCUT2D eigenvalue weighted by Crippen LogP contribution is -2.48. The molecule has 0 spiro atoms. The van der Waals surface area contributed by atoms with Crippen LogP contribution >= 0.6 is 11.3 Å². The highest BCUT2D eigenvalue weighted by Crippen LogP contribution is 2.19. The Kier molecular flexibility index (Phi) is 4.77. The maximum Gasteiger partial charge on any atom is 0.264 e. The van der Waals surface area contributed by atoms with Crippen LogP contribution in [-0.4, -0.2) is 52.0 Å². The second-order valence-corrected chi connectivity index (χ2v) is 7.02. The van der Waals surface area contributed by atoms with Crippen molar-refractivity contribution in [2.75, 3.05) is 26.2 Å². The Labute approximate surface area is 153 Å². The number of benzene rings is 1. The van der Waals surface area contributed by atoms with Gasteiger partial charge in [-0.3, -0.25) is 9.69 Å². The highest BCUT2D eigenvalue weighted by molar-refractivity contribution is 7.12. The summed E-state index contributed by atoms with van der Waals surface area (Å²) in [6.07, 6.45) is 0. The molecule has 1 aliphatic rings. The van der Waals surface area contributed by atoms with E-state index in [0.717, 1.165) is 18.0 Å². The molecule has 0 atom stereocenters. The van der Waals surface area contributed by atoms with Crippen LogP contribution in [0.15, 0.2) is 46.3 Å². The van der Waals surface area contributed by atoms with Crippen LogP contribution in [0.3, 0.4) is 0 Å². The zero-order chi connectivity index (χ0) is 17.9. The number of aromatic nitrogens is 2. The molecule has 1 saturated heterocycles. The summed E-state index contributed by atoms with van der Waals surface area (Å²) in [7, 11) is 0. The van der Waals surface area contributed by atoms with Gasteiger partial charge >= 0.3 is 0 Å². The molecule has 8 heteroatoms. The molecule has 1 amide bonds. The molecule has 2 aromatic heterocycles. The molecule has 6 nitrogen and oxygen atoms in total. The van der Waals surface area contributed by atoms with Crippen LogP contribution in [0.5, 0.6) is 0 Å². The molecule has 1 fully saturated rings. The first-order valence-electron chi connectivity index (χ1n) is 8.33. The molecule has 4 rings (SSSR count). The van der Waals surface area contributed by atoms with Gasteiger partial charge in [0.1, 0.15) is 5.82 Å². The lowest BCUT2D eigenvalue weighted by atomic mass is 10.2. The standard InChI is InChI=1S/C18H17FN4O2S/c19-14-5-3-13(4-6-14)17-20-16(21-25-17)12-22-7-9-23(10-8-22)18(24)15-2-1-11-26-15/h1-6,11H,7-10,12H2. The predicted molar refractivity (Wildman–Crippen MR) is 95.2 cm³/mol. The van der Waals surface area contributed by atoms with E-state index in [4.69, 9.17) is 4.52 Å². The number of carbonyl (C=O) groups excluding carboxylic acids is 1. The molecule has 3 heterocycles. The molecule has 26 heavy (non-hydrogen) atoms. The van der Waals surface area contributed by atoms with E-state index in [9.17, 15) is 9.18 Å². The fourth-order valence-corrected chi connectivity index (χ4v) is 3.58. The number of rotatable bonds is 4. The first-order valence-corrected chi connectivity index (χ1v) is 9.21. The van der Waals surface area contributed by atoms with Gasteiger partial charge in [0.15, 0.2) is 5.82 Å². The SMILES string of the molecule is O=C(c1cccs1)N1CCN(Cc2noc(-c3ccc(F)cc3)n2)CC1. The predicted octanol–water partition coefficient (Wildman–Crippen LogP) is 2.90. The molecule has 1 aromatic carbocycles. The summed E-state index contributed by atoms with van der Waals surface area (Å²) >= 11 is 1.47. The van der Waals surface area contributed by atoms with Crippen LogP contribution in [0.25, 0.3) is 11.5 Å². The summed E-state index contributed by atoms with van der Waals surface area (Å²) in [5.74, 6) is 0.759. The quantitative estimate of drug-likeness (QED) is 0.705. The topological polar surface area (TPSA) is 62.5 Å². The average molecular weight is 372 g/mol. The Morgan fingerprint density at radius 2 is 1.92 bits per heavy atom. The van der Waals surface area contributed by atoms with E-state index in [-0.39, 0.29) is 11.7 Å². The zero-order valence-electron chi connectivity index (χ0n) is 14.0. The van der Waals surface area contributed by atoms with Gasteiger partial charge in [-0.15, -0.1) is 11.3 Å². The van der Waals surface area contributed by atoms with Gasteiger partial charge in [-0.25, -0.2) is 4.39 Å². The first kappa shape index (κ1) is 16.9. The van der Waals surface area contributed by atoms with Crippen molar-refractivity contribution in [2.45, 2.75) is 6.54 Å². The molecule has 1 aliphatic heterocycles. The summed E-state index contributed by atoms with van der Waals surface area (Å²) < 4.78 is 18.3. The van der Waals surface area contributed by atoms with E-state index in [1.54, 1.807) is 12.1 Å². The molecule has 0 bridgehead atoms. The van der Waals surface area contributed by atoms with Crippen molar-refractivity contribution >= 4 is 17.2 Å². The third kappa shape index (κ3) is 3.66. The second-order valence-electron chi connectivity index (χ2n) is 6.07. The molecule has 0 radical (unpaired) electrons. The molecule has 0 N–H and O–H groups in total. The number of halogens is 1. The summed E-state index contributed by atoms with van der Waals surface area (Å²) in [5, 5.41) is 5.92. The first-order chi connectivity index (χ1) is 12.7. The molecule has 0 aliphatic carbocycles.